The number of hydrogen-bond acceptors (Lipinski definition) is 3. The predicted octanol–water partition coefficient (Wildman–Crippen LogP) is 4.58. The van der Waals surface area contributed by atoms with Crippen LogP contribution in [0, 0.1) is 11.8 Å². The molecule has 1 aromatic carbocycles. The third kappa shape index (κ3) is 2.72. The largest absolute Gasteiger partial charge is 0.444 e. The van der Waals surface area contributed by atoms with Crippen molar-refractivity contribution in [3.63, 3.8) is 0 Å². The van der Waals surface area contributed by atoms with E-state index in [1.165, 1.54) is 31.3 Å². The fourth-order valence-electron chi connectivity index (χ4n) is 3.09. The van der Waals surface area contributed by atoms with Crippen molar-refractivity contribution >= 4 is 5.69 Å². The van der Waals surface area contributed by atoms with Gasteiger partial charge in [-0.05, 0) is 42.5 Å². The van der Waals surface area contributed by atoms with Crippen molar-refractivity contribution < 1.29 is 4.42 Å². The highest BCUT2D eigenvalue weighted by atomic mass is 16.3. The van der Waals surface area contributed by atoms with Crippen LogP contribution >= 0.6 is 0 Å². The smallest absolute Gasteiger partial charge is 0.181 e. The van der Waals surface area contributed by atoms with Gasteiger partial charge in [0.05, 0.1) is 6.20 Å². The van der Waals surface area contributed by atoms with E-state index >= 15 is 0 Å². The van der Waals surface area contributed by atoms with Gasteiger partial charge in [-0.25, -0.2) is 4.98 Å². The van der Waals surface area contributed by atoms with Gasteiger partial charge in [-0.1, -0.05) is 26.7 Å². The number of nitrogens with zero attached hydrogens (tertiary/aromatic N) is 1. The van der Waals surface area contributed by atoms with Crippen molar-refractivity contribution in [3.05, 3.63) is 36.9 Å². The average molecular weight is 270 g/mol. The minimum absolute atomic E-state index is 0.592. The third-order valence-electron chi connectivity index (χ3n) is 4.66. The molecule has 3 rings (SSSR count). The van der Waals surface area contributed by atoms with Crippen molar-refractivity contribution in [1.82, 2.24) is 4.98 Å². The normalized spacial score (nSPS) is 26.4. The Morgan fingerprint density at radius 2 is 1.95 bits per heavy atom. The highest BCUT2D eigenvalue weighted by molar-refractivity contribution is 5.60. The summed E-state index contributed by atoms with van der Waals surface area (Å²) in [5.74, 6) is 2.36. The lowest BCUT2D eigenvalue weighted by atomic mass is 9.78. The maximum absolute atomic E-state index is 5.31. The second kappa shape index (κ2) is 5.70. The molecule has 3 heteroatoms. The number of rotatable bonds is 3. The molecular weight excluding hydrogens is 248 g/mol. The van der Waals surface area contributed by atoms with Crippen molar-refractivity contribution in [1.29, 1.82) is 0 Å². The summed E-state index contributed by atoms with van der Waals surface area (Å²) in [4.78, 5) is 3.95. The van der Waals surface area contributed by atoms with Crippen LogP contribution < -0.4 is 5.32 Å². The zero-order valence-electron chi connectivity index (χ0n) is 12.2. The molecular formula is C17H22N2O. The van der Waals surface area contributed by atoms with Gasteiger partial charge in [0, 0.05) is 17.3 Å². The van der Waals surface area contributed by atoms with E-state index in [9.17, 15) is 0 Å². The fraction of sp³-hybridized carbons (Fsp3) is 0.471. The van der Waals surface area contributed by atoms with Crippen molar-refractivity contribution in [2.75, 3.05) is 5.32 Å². The SMILES string of the molecule is CC1CCCC(Nc2ccc(-c3cnco3)cc2)C1C. The summed E-state index contributed by atoms with van der Waals surface area (Å²) < 4.78 is 5.31. The van der Waals surface area contributed by atoms with Crippen LogP contribution in [0.4, 0.5) is 5.69 Å². The second-order valence-electron chi connectivity index (χ2n) is 5.96. The predicted molar refractivity (Wildman–Crippen MR) is 81.5 cm³/mol. The maximum atomic E-state index is 5.31. The molecule has 0 saturated heterocycles. The summed E-state index contributed by atoms with van der Waals surface area (Å²) >= 11 is 0. The van der Waals surface area contributed by atoms with Gasteiger partial charge in [0.1, 0.15) is 0 Å². The molecule has 1 aromatic heterocycles. The second-order valence-corrected chi connectivity index (χ2v) is 5.96. The summed E-state index contributed by atoms with van der Waals surface area (Å²) in [5, 5.41) is 3.69. The van der Waals surface area contributed by atoms with Crippen LogP contribution in [0.25, 0.3) is 11.3 Å². The molecule has 106 valence electrons. The van der Waals surface area contributed by atoms with Gasteiger partial charge in [0.2, 0.25) is 0 Å². The summed E-state index contributed by atoms with van der Waals surface area (Å²) in [6.07, 6.45) is 7.18. The first-order valence-corrected chi connectivity index (χ1v) is 7.49. The Hall–Kier alpha value is -1.77. The molecule has 0 radical (unpaired) electrons. The summed E-state index contributed by atoms with van der Waals surface area (Å²) in [5.41, 5.74) is 2.26. The van der Waals surface area contributed by atoms with Crippen LogP contribution in [0.5, 0.6) is 0 Å². The Kier molecular flexibility index (Phi) is 3.77. The fourth-order valence-corrected chi connectivity index (χ4v) is 3.09. The Labute approximate surface area is 120 Å². The molecule has 2 aromatic rings. The van der Waals surface area contributed by atoms with Crippen LogP contribution in [0.1, 0.15) is 33.1 Å². The first-order valence-electron chi connectivity index (χ1n) is 7.49. The molecule has 1 aliphatic rings. The Balaban J connectivity index is 1.69. The summed E-state index contributed by atoms with van der Waals surface area (Å²) in [7, 11) is 0. The minimum Gasteiger partial charge on any atom is -0.444 e. The van der Waals surface area contributed by atoms with E-state index < -0.39 is 0 Å². The molecule has 1 fully saturated rings. The van der Waals surface area contributed by atoms with E-state index in [0.29, 0.717) is 6.04 Å². The highest BCUT2D eigenvalue weighted by Gasteiger charge is 2.26. The lowest BCUT2D eigenvalue weighted by Crippen LogP contribution is -2.34. The number of oxazole rings is 1. The number of nitrogens with one attached hydrogen (secondary N) is 1. The van der Waals surface area contributed by atoms with Gasteiger partial charge in [-0.3, -0.25) is 0 Å². The molecule has 0 aliphatic heterocycles. The molecule has 1 saturated carbocycles. The standard InChI is InChI=1S/C17H22N2O/c1-12-4-3-5-16(13(12)2)19-15-8-6-14(7-9-15)17-10-18-11-20-17/h6-13,16,19H,3-5H2,1-2H3. The van der Waals surface area contributed by atoms with Gasteiger partial charge in [-0.2, -0.15) is 0 Å². The molecule has 20 heavy (non-hydrogen) atoms. The molecule has 1 aliphatic carbocycles. The van der Waals surface area contributed by atoms with E-state index in [-0.39, 0.29) is 0 Å². The van der Waals surface area contributed by atoms with Crippen LogP contribution in [0.15, 0.2) is 41.3 Å². The molecule has 1 heterocycles. The van der Waals surface area contributed by atoms with E-state index in [1.54, 1.807) is 6.20 Å². The van der Waals surface area contributed by atoms with Crippen LogP contribution in [-0.2, 0) is 0 Å². The quantitative estimate of drug-likeness (QED) is 0.887. The zero-order chi connectivity index (χ0) is 13.9. The van der Waals surface area contributed by atoms with Gasteiger partial charge in [0.25, 0.3) is 0 Å². The van der Waals surface area contributed by atoms with E-state index in [1.807, 2.05) is 0 Å². The molecule has 1 N–H and O–H groups in total. The topological polar surface area (TPSA) is 38.1 Å². The lowest BCUT2D eigenvalue weighted by molar-refractivity contribution is 0.253. The lowest BCUT2D eigenvalue weighted by Gasteiger charge is -2.35. The van der Waals surface area contributed by atoms with Crippen molar-refractivity contribution in [2.24, 2.45) is 11.8 Å². The average Bonchev–Trinajstić information content (AvgIpc) is 2.99. The maximum Gasteiger partial charge on any atom is 0.181 e. The van der Waals surface area contributed by atoms with E-state index in [4.69, 9.17) is 4.42 Å². The molecule has 3 nitrogen and oxygen atoms in total. The Morgan fingerprint density at radius 1 is 1.15 bits per heavy atom. The number of aromatic nitrogens is 1. The van der Waals surface area contributed by atoms with Crippen molar-refractivity contribution in [3.8, 4) is 11.3 Å². The van der Waals surface area contributed by atoms with Gasteiger partial charge in [0.15, 0.2) is 12.2 Å². The van der Waals surface area contributed by atoms with Crippen molar-refractivity contribution in [2.45, 2.75) is 39.2 Å². The van der Waals surface area contributed by atoms with E-state index in [2.05, 4.69) is 48.4 Å². The van der Waals surface area contributed by atoms with Crippen LogP contribution in [-0.4, -0.2) is 11.0 Å². The van der Waals surface area contributed by atoms with Gasteiger partial charge >= 0.3 is 0 Å². The number of anilines is 1. The zero-order valence-corrected chi connectivity index (χ0v) is 12.2. The molecule has 0 amide bonds. The van der Waals surface area contributed by atoms with Crippen LogP contribution in [0.2, 0.25) is 0 Å². The summed E-state index contributed by atoms with van der Waals surface area (Å²) in [6, 6.07) is 9.02. The Bertz CT molecular complexity index is 533. The molecule has 0 spiro atoms. The molecule has 3 unspecified atom stereocenters. The van der Waals surface area contributed by atoms with Gasteiger partial charge in [-0.15, -0.1) is 0 Å². The van der Waals surface area contributed by atoms with Crippen LogP contribution in [0.3, 0.4) is 0 Å². The monoisotopic (exact) mass is 270 g/mol. The highest BCUT2D eigenvalue weighted by Crippen LogP contribution is 2.32. The first kappa shape index (κ1) is 13.2. The third-order valence-corrected chi connectivity index (χ3v) is 4.66. The van der Waals surface area contributed by atoms with Gasteiger partial charge < -0.3 is 9.73 Å². The number of hydrogen-bond donors (Lipinski definition) is 1. The first-order chi connectivity index (χ1) is 9.74. The Morgan fingerprint density at radius 3 is 2.65 bits per heavy atom. The van der Waals surface area contributed by atoms with E-state index in [0.717, 1.165) is 23.2 Å². The molecule has 0 bridgehead atoms. The molecule has 3 atom stereocenters. The minimum atomic E-state index is 0.592. The summed E-state index contributed by atoms with van der Waals surface area (Å²) in [6.45, 7) is 4.73. The number of benzene rings is 1.